The number of hydrogen-bond donors (Lipinski definition) is 1. The van der Waals surface area contributed by atoms with Crippen molar-refractivity contribution in [3.63, 3.8) is 0 Å². The predicted molar refractivity (Wildman–Crippen MR) is 161 cm³/mol. The third-order valence-electron chi connectivity index (χ3n) is 7.67. The third-order valence-corrected chi connectivity index (χ3v) is 7.67. The molecular formula is C34H32N4O2. The van der Waals surface area contributed by atoms with E-state index in [9.17, 15) is 9.90 Å². The number of imidazole rings is 2. The zero-order valence-corrected chi connectivity index (χ0v) is 23.1. The van der Waals surface area contributed by atoms with Gasteiger partial charge in [-0.1, -0.05) is 68.4 Å². The van der Waals surface area contributed by atoms with Crippen LogP contribution in [0, 0.1) is 0 Å². The molecule has 6 heteroatoms. The van der Waals surface area contributed by atoms with Crippen LogP contribution in [0.4, 0.5) is 0 Å². The number of aromatic nitrogens is 4. The molecule has 1 N–H and O–H groups in total. The number of hydrogen-bond acceptors (Lipinski definition) is 3. The van der Waals surface area contributed by atoms with E-state index in [0.29, 0.717) is 12.1 Å². The van der Waals surface area contributed by atoms with Crippen molar-refractivity contribution in [2.24, 2.45) is 7.05 Å². The summed E-state index contributed by atoms with van der Waals surface area (Å²) in [5.74, 6) is 1.11. The molecule has 0 unspecified atom stereocenters. The molecule has 6 rings (SSSR count). The summed E-state index contributed by atoms with van der Waals surface area (Å²) in [5, 5.41) is 9.62. The van der Waals surface area contributed by atoms with Gasteiger partial charge in [-0.15, -0.1) is 0 Å². The van der Waals surface area contributed by atoms with Gasteiger partial charge in [0, 0.05) is 25.6 Å². The van der Waals surface area contributed by atoms with Crippen LogP contribution < -0.4 is 0 Å². The largest absolute Gasteiger partial charge is 0.478 e. The zero-order chi connectivity index (χ0) is 27.8. The molecule has 40 heavy (non-hydrogen) atoms. The van der Waals surface area contributed by atoms with Gasteiger partial charge in [0.25, 0.3) is 0 Å². The third kappa shape index (κ3) is 4.45. The molecule has 0 fully saturated rings. The number of para-hydroxylation sites is 2. The summed E-state index contributed by atoms with van der Waals surface area (Å²) in [6.45, 7) is 5.05. The van der Waals surface area contributed by atoms with Crippen LogP contribution in [0.15, 0.2) is 84.9 Å². The Kier molecular flexibility index (Phi) is 6.68. The highest BCUT2D eigenvalue weighted by Crippen LogP contribution is 2.31. The van der Waals surface area contributed by atoms with E-state index >= 15 is 0 Å². The van der Waals surface area contributed by atoms with Crippen molar-refractivity contribution in [1.82, 2.24) is 19.1 Å². The lowest BCUT2D eigenvalue weighted by Gasteiger charge is -2.12. The Bertz CT molecular complexity index is 1860. The van der Waals surface area contributed by atoms with E-state index in [2.05, 4.69) is 66.4 Å². The minimum absolute atomic E-state index is 0.308. The normalized spacial score (nSPS) is 11.5. The molecule has 0 aliphatic rings. The Labute approximate surface area is 233 Å². The van der Waals surface area contributed by atoms with E-state index in [4.69, 9.17) is 9.97 Å². The number of carboxylic acid groups (broad SMARTS) is 1. The van der Waals surface area contributed by atoms with Crippen molar-refractivity contribution in [3.8, 4) is 22.5 Å². The van der Waals surface area contributed by atoms with Gasteiger partial charge in [-0.05, 0) is 65.4 Å². The first-order valence-corrected chi connectivity index (χ1v) is 13.8. The number of fused-ring (bicyclic) bond motifs is 2. The number of rotatable bonds is 8. The molecule has 0 saturated carbocycles. The Morgan fingerprint density at radius 2 is 1.60 bits per heavy atom. The van der Waals surface area contributed by atoms with Gasteiger partial charge in [0.2, 0.25) is 0 Å². The van der Waals surface area contributed by atoms with Gasteiger partial charge in [0.05, 0.1) is 27.6 Å². The summed E-state index contributed by atoms with van der Waals surface area (Å²) in [4.78, 5) is 21.8. The number of aryl methyl sites for hydroxylation is 3. The molecule has 0 aliphatic carbocycles. The molecule has 0 amide bonds. The molecule has 0 saturated heterocycles. The van der Waals surface area contributed by atoms with E-state index in [-0.39, 0.29) is 0 Å². The van der Waals surface area contributed by atoms with Gasteiger partial charge < -0.3 is 14.2 Å². The molecule has 0 bridgehead atoms. The number of carbonyl (C=O) groups is 1. The maximum atomic E-state index is 11.7. The summed E-state index contributed by atoms with van der Waals surface area (Å²) >= 11 is 0. The standard InChI is InChI=1S/C34H32N4O2/c1-4-10-31-36-32-23(5-2)19-25(33-35-28-13-8-9-14-29(28)37(33)3)20-30(32)38(31)21-22-15-17-24(18-16-22)26-11-6-7-12-27(26)34(39)40/h6-9,11-20H,4-5,10,21H2,1-3H3,(H,39,40). The van der Waals surface area contributed by atoms with Crippen LogP contribution >= 0.6 is 0 Å². The van der Waals surface area contributed by atoms with Crippen LogP contribution in [0.3, 0.4) is 0 Å². The van der Waals surface area contributed by atoms with E-state index in [1.165, 1.54) is 5.56 Å². The zero-order valence-electron chi connectivity index (χ0n) is 23.1. The highest BCUT2D eigenvalue weighted by atomic mass is 16.4. The fourth-order valence-corrected chi connectivity index (χ4v) is 5.63. The van der Waals surface area contributed by atoms with Gasteiger partial charge in [-0.25, -0.2) is 14.8 Å². The molecule has 6 aromatic rings. The molecule has 2 aromatic heterocycles. The van der Waals surface area contributed by atoms with E-state index < -0.39 is 5.97 Å². The monoisotopic (exact) mass is 528 g/mol. The first-order valence-electron chi connectivity index (χ1n) is 13.8. The molecule has 2 heterocycles. The second-order valence-corrected chi connectivity index (χ2v) is 10.3. The maximum absolute atomic E-state index is 11.7. The minimum Gasteiger partial charge on any atom is -0.478 e. The number of nitrogens with zero attached hydrogens (tertiary/aromatic N) is 4. The minimum atomic E-state index is -0.920. The molecule has 6 nitrogen and oxygen atoms in total. The molecule has 0 radical (unpaired) electrons. The van der Waals surface area contributed by atoms with Crippen molar-refractivity contribution in [1.29, 1.82) is 0 Å². The Balaban J connectivity index is 1.44. The van der Waals surface area contributed by atoms with Crippen molar-refractivity contribution >= 4 is 28.0 Å². The van der Waals surface area contributed by atoms with Crippen LogP contribution in [0.25, 0.3) is 44.6 Å². The second kappa shape index (κ2) is 10.5. The van der Waals surface area contributed by atoms with Gasteiger partial charge in [0.15, 0.2) is 0 Å². The summed E-state index contributed by atoms with van der Waals surface area (Å²) in [6.07, 6.45) is 2.78. The van der Waals surface area contributed by atoms with Crippen LogP contribution in [-0.4, -0.2) is 30.2 Å². The molecule has 0 spiro atoms. The van der Waals surface area contributed by atoms with Crippen LogP contribution in [0.2, 0.25) is 0 Å². The first kappa shape index (κ1) is 25.6. The summed E-state index contributed by atoms with van der Waals surface area (Å²) in [6, 6.07) is 28.0. The lowest BCUT2D eigenvalue weighted by atomic mass is 9.98. The average molecular weight is 529 g/mol. The Morgan fingerprint density at radius 3 is 2.33 bits per heavy atom. The quantitative estimate of drug-likeness (QED) is 0.222. The number of aromatic carboxylic acids is 1. The van der Waals surface area contributed by atoms with E-state index in [0.717, 1.165) is 75.2 Å². The fourth-order valence-electron chi connectivity index (χ4n) is 5.63. The van der Waals surface area contributed by atoms with Crippen LogP contribution in [-0.2, 0) is 26.4 Å². The van der Waals surface area contributed by atoms with Crippen molar-refractivity contribution in [3.05, 3.63) is 107 Å². The fraction of sp³-hybridized carbons (Fsp3) is 0.206. The Morgan fingerprint density at radius 1 is 0.850 bits per heavy atom. The van der Waals surface area contributed by atoms with E-state index in [1.807, 2.05) is 36.4 Å². The summed E-state index contributed by atoms with van der Waals surface area (Å²) in [5.41, 5.74) is 9.64. The topological polar surface area (TPSA) is 72.9 Å². The van der Waals surface area contributed by atoms with E-state index in [1.54, 1.807) is 12.1 Å². The molecule has 4 aromatic carbocycles. The predicted octanol–water partition coefficient (Wildman–Crippen LogP) is 7.52. The van der Waals surface area contributed by atoms with Gasteiger partial charge in [-0.2, -0.15) is 0 Å². The molecule has 0 aliphatic heterocycles. The van der Waals surface area contributed by atoms with Crippen LogP contribution in [0.1, 0.15) is 47.6 Å². The summed E-state index contributed by atoms with van der Waals surface area (Å²) in [7, 11) is 2.07. The van der Waals surface area contributed by atoms with Crippen LogP contribution in [0.5, 0.6) is 0 Å². The molecular weight excluding hydrogens is 496 g/mol. The first-order chi connectivity index (χ1) is 19.5. The average Bonchev–Trinajstić information content (AvgIpc) is 3.50. The number of benzene rings is 4. The highest BCUT2D eigenvalue weighted by molar-refractivity contribution is 5.96. The van der Waals surface area contributed by atoms with Crippen molar-refractivity contribution in [2.75, 3.05) is 0 Å². The smallest absolute Gasteiger partial charge is 0.336 e. The van der Waals surface area contributed by atoms with Crippen molar-refractivity contribution < 1.29 is 9.90 Å². The van der Waals surface area contributed by atoms with Gasteiger partial charge >= 0.3 is 5.97 Å². The van der Waals surface area contributed by atoms with Gasteiger partial charge in [-0.3, -0.25) is 0 Å². The Hall–Kier alpha value is -4.71. The second-order valence-electron chi connectivity index (χ2n) is 10.3. The lowest BCUT2D eigenvalue weighted by molar-refractivity contribution is 0.0697. The van der Waals surface area contributed by atoms with Crippen molar-refractivity contribution in [2.45, 2.75) is 39.7 Å². The molecule has 0 atom stereocenters. The highest BCUT2D eigenvalue weighted by Gasteiger charge is 2.18. The summed E-state index contributed by atoms with van der Waals surface area (Å²) < 4.78 is 4.50. The lowest BCUT2D eigenvalue weighted by Crippen LogP contribution is -2.05. The number of carboxylic acids is 1. The maximum Gasteiger partial charge on any atom is 0.336 e. The molecule has 200 valence electrons. The van der Waals surface area contributed by atoms with Gasteiger partial charge in [0.1, 0.15) is 11.6 Å². The SMILES string of the molecule is CCCc1nc2c(CC)cc(-c3nc4ccccc4n3C)cc2n1Cc1ccc(-c2ccccc2C(=O)O)cc1.